The van der Waals surface area contributed by atoms with Crippen LogP contribution in [0.15, 0.2) is 11.5 Å². The molecule has 1 N–H and O–H groups in total. The van der Waals surface area contributed by atoms with Crippen molar-refractivity contribution in [3.05, 3.63) is 11.5 Å². The SMILES string of the molecule is CC[C@H](C)OC(=S)N[C@@H]1C=CS(=O)(=O)C1. The van der Waals surface area contributed by atoms with Gasteiger partial charge in [-0.2, -0.15) is 0 Å². The zero-order chi connectivity index (χ0) is 11.5. The molecule has 4 nitrogen and oxygen atoms in total. The lowest BCUT2D eigenvalue weighted by molar-refractivity contribution is 0.199. The zero-order valence-electron chi connectivity index (χ0n) is 8.76. The van der Waals surface area contributed by atoms with E-state index in [4.69, 9.17) is 17.0 Å². The summed E-state index contributed by atoms with van der Waals surface area (Å²) in [5.74, 6) is 0.0526. The molecule has 0 aromatic carbocycles. The van der Waals surface area contributed by atoms with E-state index in [-0.39, 0.29) is 23.1 Å². The van der Waals surface area contributed by atoms with Crippen LogP contribution in [0.4, 0.5) is 0 Å². The van der Waals surface area contributed by atoms with Gasteiger partial charge in [0.1, 0.15) is 0 Å². The molecule has 2 atom stereocenters. The molecule has 0 saturated heterocycles. The van der Waals surface area contributed by atoms with Crippen LogP contribution in [0, 0.1) is 0 Å². The van der Waals surface area contributed by atoms with Crippen LogP contribution in [-0.4, -0.2) is 31.5 Å². The highest BCUT2D eigenvalue weighted by Gasteiger charge is 2.22. The van der Waals surface area contributed by atoms with Crippen molar-refractivity contribution in [2.24, 2.45) is 0 Å². The summed E-state index contributed by atoms with van der Waals surface area (Å²) in [5, 5.41) is 4.31. The van der Waals surface area contributed by atoms with Crippen molar-refractivity contribution < 1.29 is 13.2 Å². The van der Waals surface area contributed by atoms with Crippen LogP contribution in [0.5, 0.6) is 0 Å². The van der Waals surface area contributed by atoms with Gasteiger partial charge in [0.15, 0.2) is 9.84 Å². The quantitative estimate of drug-likeness (QED) is 0.756. The predicted octanol–water partition coefficient (Wildman–Crippen LogP) is 0.987. The maximum Gasteiger partial charge on any atom is 0.257 e. The Morgan fingerprint density at radius 2 is 2.40 bits per heavy atom. The third-order valence-corrected chi connectivity index (χ3v) is 3.73. The Hall–Kier alpha value is -0.620. The second kappa shape index (κ2) is 4.94. The van der Waals surface area contributed by atoms with Crippen molar-refractivity contribution in [3.63, 3.8) is 0 Å². The third-order valence-electron chi connectivity index (χ3n) is 2.12. The first-order valence-corrected chi connectivity index (χ1v) is 6.93. The third kappa shape index (κ3) is 4.17. The molecular weight excluding hydrogens is 234 g/mol. The van der Waals surface area contributed by atoms with Crippen molar-refractivity contribution in [3.8, 4) is 0 Å². The molecule has 1 rings (SSSR count). The fourth-order valence-electron chi connectivity index (χ4n) is 1.12. The monoisotopic (exact) mass is 249 g/mol. The van der Waals surface area contributed by atoms with E-state index in [1.807, 2.05) is 13.8 Å². The van der Waals surface area contributed by atoms with Crippen molar-refractivity contribution in [2.45, 2.75) is 32.4 Å². The number of rotatable bonds is 3. The topological polar surface area (TPSA) is 55.4 Å². The largest absolute Gasteiger partial charge is 0.468 e. The number of hydrogen-bond donors (Lipinski definition) is 1. The van der Waals surface area contributed by atoms with Gasteiger partial charge in [0, 0.05) is 5.41 Å². The molecule has 0 bridgehead atoms. The van der Waals surface area contributed by atoms with Crippen LogP contribution < -0.4 is 5.32 Å². The molecule has 0 amide bonds. The van der Waals surface area contributed by atoms with Crippen LogP contribution >= 0.6 is 12.2 Å². The second-order valence-corrected chi connectivity index (χ2v) is 5.84. The fraction of sp³-hybridized carbons (Fsp3) is 0.667. The molecule has 0 radical (unpaired) electrons. The van der Waals surface area contributed by atoms with E-state index in [9.17, 15) is 8.42 Å². The lowest BCUT2D eigenvalue weighted by atomic mass is 10.3. The molecular formula is C9H15NO3S2. The molecule has 0 aromatic rings. The van der Waals surface area contributed by atoms with E-state index in [1.54, 1.807) is 6.08 Å². The predicted molar refractivity (Wildman–Crippen MR) is 63.3 cm³/mol. The number of ether oxygens (including phenoxy) is 1. The molecule has 0 unspecified atom stereocenters. The van der Waals surface area contributed by atoms with Crippen LogP contribution in [-0.2, 0) is 14.6 Å². The van der Waals surface area contributed by atoms with Gasteiger partial charge in [0.05, 0.1) is 17.9 Å². The Balaban J connectivity index is 2.38. The molecule has 0 fully saturated rings. The average molecular weight is 249 g/mol. The van der Waals surface area contributed by atoms with Crippen LogP contribution in [0.25, 0.3) is 0 Å². The summed E-state index contributed by atoms with van der Waals surface area (Å²) in [5.41, 5.74) is 0. The van der Waals surface area contributed by atoms with Gasteiger partial charge in [0.2, 0.25) is 0 Å². The summed E-state index contributed by atoms with van der Waals surface area (Å²) < 4.78 is 27.5. The molecule has 0 aliphatic carbocycles. The molecule has 1 aliphatic rings. The maximum absolute atomic E-state index is 11.1. The minimum atomic E-state index is -3.03. The highest BCUT2D eigenvalue weighted by Crippen LogP contribution is 2.08. The highest BCUT2D eigenvalue weighted by molar-refractivity contribution is 7.94. The van der Waals surface area contributed by atoms with E-state index in [0.717, 1.165) is 6.42 Å². The summed E-state index contributed by atoms with van der Waals surface area (Å²) in [6.07, 6.45) is 2.49. The Kier molecular flexibility index (Phi) is 4.10. The summed E-state index contributed by atoms with van der Waals surface area (Å²) in [4.78, 5) is 0. The number of thiocarbonyl (C=S) groups is 1. The fourth-order valence-corrected chi connectivity index (χ4v) is 2.67. The van der Waals surface area contributed by atoms with E-state index in [2.05, 4.69) is 5.32 Å². The molecule has 15 heavy (non-hydrogen) atoms. The lowest BCUT2D eigenvalue weighted by Gasteiger charge is -2.16. The van der Waals surface area contributed by atoms with Gasteiger partial charge in [-0.1, -0.05) is 6.92 Å². The normalized spacial score (nSPS) is 24.8. The highest BCUT2D eigenvalue weighted by atomic mass is 32.2. The Morgan fingerprint density at radius 3 is 2.87 bits per heavy atom. The van der Waals surface area contributed by atoms with E-state index >= 15 is 0 Å². The minimum absolute atomic E-state index is 0.0481. The van der Waals surface area contributed by atoms with Crippen molar-refractivity contribution in [1.29, 1.82) is 0 Å². The first kappa shape index (κ1) is 12.4. The number of nitrogens with one attached hydrogen (secondary N) is 1. The van der Waals surface area contributed by atoms with Gasteiger partial charge in [0.25, 0.3) is 5.17 Å². The Labute approximate surface area is 95.6 Å². The number of hydrogen-bond acceptors (Lipinski definition) is 4. The smallest absolute Gasteiger partial charge is 0.257 e. The van der Waals surface area contributed by atoms with Crippen LogP contribution in [0.3, 0.4) is 0 Å². The maximum atomic E-state index is 11.1. The molecule has 86 valence electrons. The Bertz CT molecular complexity index is 362. The molecule has 1 aliphatic heterocycles. The van der Waals surface area contributed by atoms with Gasteiger partial charge in [-0.05, 0) is 31.6 Å². The molecule has 6 heteroatoms. The van der Waals surface area contributed by atoms with Crippen molar-refractivity contribution >= 4 is 27.2 Å². The lowest BCUT2D eigenvalue weighted by Crippen LogP contribution is -2.37. The van der Waals surface area contributed by atoms with Gasteiger partial charge >= 0.3 is 0 Å². The molecule has 0 aromatic heterocycles. The summed E-state index contributed by atoms with van der Waals surface area (Å²) in [7, 11) is -3.03. The van der Waals surface area contributed by atoms with Gasteiger partial charge in [-0.15, -0.1) is 0 Å². The van der Waals surface area contributed by atoms with Crippen molar-refractivity contribution in [2.75, 3.05) is 5.75 Å². The van der Waals surface area contributed by atoms with Gasteiger partial charge < -0.3 is 10.1 Å². The summed E-state index contributed by atoms with van der Waals surface area (Å²) >= 11 is 4.95. The Morgan fingerprint density at radius 1 is 1.73 bits per heavy atom. The van der Waals surface area contributed by atoms with Gasteiger partial charge in [-0.3, -0.25) is 0 Å². The summed E-state index contributed by atoms with van der Waals surface area (Å²) in [6.45, 7) is 3.91. The van der Waals surface area contributed by atoms with E-state index in [1.165, 1.54) is 5.41 Å². The summed E-state index contributed by atoms with van der Waals surface area (Å²) in [6, 6.07) is -0.258. The second-order valence-electron chi connectivity index (χ2n) is 3.53. The first-order valence-electron chi connectivity index (χ1n) is 4.81. The minimum Gasteiger partial charge on any atom is -0.468 e. The number of sulfone groups is 1. The van der Waals surface area contributed by atoms with E-state index in [0.29, 0.717) is 0 Å². The van der Waals surface area contributed by atoms with Crippen LogP contribution in [0.1, 0.15) is 20.3 Å². The first-order chi connectivity index (χ1) is 6.93. The molecule has 0 saturated carbocycles. The average Bonchev–Trinajstić information content (AvgIpc) is 2.44. The van der Waals surface area contributed by atoms with Crippen molar-refractivity contribution in [1.82, 2.24) is 5.32 Å². The molecule has 1 heterocycles. The van der Waals surface area contributed by atoms with Crippen LogP contribution in [0.2, 0.25) is 0 Å². The molecule has 0 spiro atoms. The van der Waals surface area contributed by atoms with E-state index < -0.39 is 9.84 Å². The van der Waals surface area contributed by atoms with Gasteiger partial charge in [-0.25, -0.2) is 8.42 Å². The zero-order valence-corrected chi connectivity index (χ0v) is 10.4. The standard InChI is InChI=1S/C9H15NO3S2/c1-3-7(2)13-9(14)10-8-4-5-15(11,12)6-8/h4-5,7-8H,3,6H2,1-2H3,(H,10,14)/t7-,8+/m0/s1.